The minimum atomic E-state index is -0.181. The number of carbonyl (C=O) groups is 1. The second kappa shape index (κ2) is 8.43. The minimum Gasteiger partial charge on any atom is -0.493 e. The van der Waals surface area contributed by atoms with Crippen molar-refractivity contribution in [2.75, 3.05) is 20.8 Å². The molecule has 0 saturated carbocycles. The molecule has 0 aliphatic carbocycles. The smallest absolute Gasteiger partial charge is 0.307 e. The molecule has 0 heterocycles. The number of benzene rings is 1. The fraction of sp³-hybridized carbons (Fsp3) is 0.533. The average molecular weight is 281 g/mol. The van der Waals surface area contributed by atoms with Gasteiger partial charge in [-0.05, 0) is 31.5 Å². The van der Waals surface area contributed by atoms with Gasteiger partial charge in [-0.3, -0.25) is 4.79 Å². The number of rotatable bonds is 8. The van der Waals surface area contributed by atoms with E-state index in [9.17, 15) is 4.79 Å². The predicted octanol–water partition coefficient (Wildman–Crippen LogP) is 2.14. The summed E-state index contributed by atoms with van der Waals surface area (Å²) in [4.78, 5) is 11.3. The number of esters is 1. The molecule has 1 N–H and O–H groups in total. The zero-order chi connectivity index (χ0) is 15.0. The van der Waals surface area contributed by atoms with Gasteiger partial charge < -0.3 is 19.5 Å². The molecule has 0 fully saturated rings. The van der Waals surface area contributed by atoms with Gasteiger partial charge in [0.15, 0.2) is 11.5 Å². The first-order valence-electron chi connectivity index (χ1n) is 6.70. The van der Waals surface area contributed by atoms with E-state index in [1.807, 2.05) is 25.1 Å². The Labute approximate surface area is 120 Å². The first-order chi connectivity index (χ1) is 9.60. The quantitative estimate of drug-likeness (QED) is 0.740. The summed E-state index contributed by atoms with van der Waals surface area (Å²) in [5, 5.41) is 3.28. The summed E-state index contributed by atoms with van der Waals surface area (Å²) in [5.41, 5.74) is 1.07. The molecule has 1 unspecified atom stereocenters. The van der Waals surface area contributed by atoms with Crippen LogP contribution in [-0.2, 0) is 16.1 Å². The van der Waals surface area contributed by atoms with Gasteiger partial charge in [-0.2, -0.15) is 0 Å². The van der Waals surface area contributed by atoms with Crippen LogP contribution in [0.1, 0.15) is 25.8 Å². The van der Waals surface area contributed by atoms with E-state index >= 15 is 0 Å². The van der Waals surface area contributed by atoms with Crippen LogP contribution in [0.2, 0.25) is 0 Å². The second-order valence-electron chi connectivity index (χ2n) is 4.48. The fourth-order valence-electron chi connectivity index (χ4n) is 1.82. The normalized spacial score (nSPS) is 11.8. The van der Waals surface area contributed by atoms with Crippen molar-refractivity contribution < 1.29 is 19.0 Å². The van der Waals surface area contributed by atoms with E-state index in [1.165, 1.54) is 0 Å². The molecule has 0 aliphatic heterocycles. The Morgan fingerprint density at radius 2 is 1.95 bits per heavy atom. The highest BCUT2D eigenvalue weighted by Gasteiger charge is 2.10. The molecule has 0 bridgehead atoms. The number of hydrogen-bond acceptors (Lipinski definition) is 5. The molecule has 1 aromatic carbocycles. The lowest BCUT2D eigenvalue weighted by Crippen LogP contribution is -2.28. The average Bonchev–Trinajstić information content (AvgIpc) is 2.44. The Morgan fingerprint density at radius 3 is 2.55 bits per heavy atom. The molecular weight excluding hydrogens is 258 g/mol. The Hall–Kier alpha value is -1.75. The van der Waals surface area contributed by atoms with Crippen molar-refractivity contribution in [3.05, 3.63) is 23.8 Å². The van der Waals surface area contributed by atoms with Crippen molar-refractivity contribution in [3.8, 4) is 11.5 Å². The number of carbonyl (C=O) groups excluding carboxylic acids is 1. The Morgan fingerprint density at radius 1 is 1.25 bits per heavy atom. The third-order valence-corrected chi connectivity index (χ3v) is 2.88. The summed E-state index contributed by atoms with van der Waals surface area (Å²) in [6.07, 6.45) is 0.362. The Balaban J connectivity index is 2.51. The van der Waals surface area contributed by atoms with Gasteiger partial charge in [0.05, 0.1) is 27.2 Å². The summed E-state index contributed by atoms with van der Waals surface area (Å²) in [7, 11) is 3.22. The van der Waals surface area contributed by atoms with Gasteiger partial charge in [0, 0.05) is 12.6 Å². The minimum absolute atomic E-state index is 0.0575. The van der Waals surface area contributed by atoms with Crippen molar-refractivity contribution >= 4 is 5.97 Å². The molecule has 112 valence electrons. The van der Waals surface area contributed by atoms with Gasteiger partial charge in [0.25, 0.3) is 0 Å². The monoisotopic (exact) mass is 281 g/mol. The summed E-state index contributed by atoms with van der Waals surface area (Å²) in [6.45, 7) is 4.83. The number of nitrogens with one attached hydrogen (secondary N) is 1. The molecule has 0 aromatic heterocycles. The molecule has 20 heavy (non-hydrogen) atoms. The largest absolute Gasteiger partial charge is 0.493 e. The van der Waals surface area contributed by atoms with Crippen molar-refractivity contribution in [2.45, 2.75) is 32.9 Å². The SMILES string of the molecule is CCOC(=O)CC(C)NCc1ccc(OC)c(OC)c1. The lowest BCUT2D eigenvalue weighted by molar-refractivity contribution is -0.143. The van der Waals surface area contributed by atoms with E-state index in [0.29, 0.717) is 31.1 Å². The first kappa shape index (κ1) is 16.3. The van der Waals surface area contributed by atoms with Crippen LogP contribution < -0.4 is 14.8 Å². The lowest BCUT2D eigenvalue weighted by atomic mass is 10.1. The molecule has 5 nitrogen and oxygen atoms in total. The molecule has 1 aromatic rings. The van der Waals surface area contributed by atoms with E-state index in [0.717, 1.165) is 5.56 Å². The van der Waals surface area contributed by atoms with Gasteiger partial charge in [-0.1, -0.05) is 6.07 Å². The maximum absolute atomic E-state index is 11.3. The molecule has 1 atom stereocenters. The highest BCUT2D eigenvalue weighted by atomic mass is 16.5. The summed E-state index contributed by atoms with van der Waals surface area (Å²) in [6, 6.07) is 5.81. The number of ether oxygens (including phenoxy) is 3. The van der Waals surface area contributed by atoms with E-state index in [1.54, 1.807) is 21.1 Å². The highest BCUT2D eigenvalue weighted by Crippen LogP contribution is 2.27. The fourth-order valence-corrected chi connectivity index (χ4v) is 1.82. The van der Waals surface area contributed by atoms with Gasteiger partial charge in [-0.15, -0.1) is 0 Å². The second-order valence-corrected chi connectivity index (χ2v) is 4.48. The van der Waals surface area contributed by atoms with Crippen molar-refractivity contribution in [2.24, 2.45) is 0 Å². The Bertz CT molecular complexity index is 434. The van der Waals surface area contributed by atoms with Crippen molar-refractivity contribution in [1.29, 1.82) is 0 Å². The third-order valence-electron chi connectivity index (χ3n) is 2.88. The van der Waals surface area contributed by atoms with Gasteiger partial charge in [-0.25, -0.2) is 0 Å². The lowest BCUT2D eigenvalue weighted by Gasteiger charge is -2.14. The number of methoxy groups -OCH3 is 2. The topological polar surface area (TPSA) is 56.8 Å². The predicted molar refractivity (Wildman–Crippen MR) is 77.1 cm³/mol. The van der Waals surface area contributed by atoms with E-state index in [-0.39, 0.29) is 12.0 Å². The standard InChI is InChI=1S/C15H23NO4/c1-5-20-15(17)8-11(2)16-10-12-6-7-13(18-3)14(9-12)19-4/h6-7,9,11,16H,5,8,10H2,1-4H3. The molecule has 0 radical (unpaired) electrons. The van der Waals surface area contributed by atoms with Gasteiger partial charge >= 0.3 is 5.97 Å². The van der Waals surface area contributed by atoms with Crippen LogP contribution in [0.15, 0.2) is 18.2 Å². The molecule has 5 heteroatoms. The highest BCUT2D eigenvalue weighted by molar-refractivity contribution is 5.70. The van der Waals surface area contributed by atoms with Crippen molar-refractivity contribution in [3.63, 3.8) is 0 Å². The van der Waals surface area contributed by atoms with E-state index in [4.69, 9.17) is 14.2 Å². The molecule has 0 saturated heterocycles. The summed E-state index contributed by atoms with van der Waals surface area (Å²) >= 11 is 0. The van der Waals surface area contributed by atoms with Crippen LogP contribution >= 0.6 is 0 Å². The van der Waals surface area contributed by atoms with E-state index in [2.05, 4.69) is 5.32 Å². The van der Waals surface area contributed by atoms with Crippen molar-refractivity contribution in [1.82, 2.24) is 5.32 Å². The first-order valence-corrected chi connectivity index (χ1v) is 6.70. The third kappa shape index (κ3) is 5.09. The maximum Gasteiger partial charge on any atom is 0.307 e. The summed E-state index contributed by atoms with van der Waals surface area (Å²) < 4.78 is 15.4. The summed E-state index contributed by atoms with van der Waals surface area (Å²) in [5.74, 6) is 1.22. The number of hydrogen-bond donors (Lipinski definition) is 1. The molecular formula is C15H23NO4. The maximum atomic E-state index is 11.3. The van der Waals surface area contributed by atoms with Crippen LogP contribution in [0.25, 0.3) is 0 Å². The van der Waals surface area contributed by atoms with Crippen LogP contribution in [-0.4, -0.2) is 32.8 Å². The molecule has 0 spiro atoms. The molecule has 0 aliphatic rings. The van der Waals surface area contributed by atoms with Gasteiger partial charge in [0.2, 0.25) is 0 Å². The van der Waals surface area contributed by atoms with Crippen LogP contribution in [0, 0.1) is 0 Å². The zero-order valence-electron chi connectivity index (χ0n) is 12.6. The Kier molecular flexibility index (Phi) is 6.87. The molecule has 1 rings (SSSR count). The molecule has 0 amide bonds. The van der Waals surface area contributed by atoms with Gasteiger partial charge in [0.1, 0.15) is 0 Å². The van der Waals surface area contributed by atoms with Crippen LogP contribution in [0.4, 0.5) is 0 Å². The van der Waals surface area contributed by atoms with Crippen LogP contribution in [0.3, 0.4) is 0 Å². The zero-order valence-corrected chi connectivity index (χ0v) is 12.6. The van der Waals surface area contributed by atoms with Crippen LogP contribution in [0.5, 0.6) is 11.5 Å². The van der Waals surface area contributed by atoms with E-state index < -0.39 is 0 Å².